The molecule has 0 atom stereocenters. The van der Waals surface area contributed by atoms with E-state index in [9.17, 15) is 0 Å². The van der Waals surface area contributed by atoms with Crippen molar-refractivity contribution in [3.05, 3.63) is 53.9 Å². The van der Waals surface area contributed by atoms with Crippen LogP contribution in [-0.4, -0.2) is 27.4 Å². The second kappa shape index (κ2) is 6.89. The Labute approximate surface area is 149 Å². The van der Waals surface area contributed by atoms with Gasteiger partial charge < -0.3 is 10.1 Å². The van der Waals surface area contributed by atoms with Crippen LogP contribution in [0.2, 0.25) is 0 Å². The normalized spacial score (nSPS) is 16.2. The van der Waals surface area contributed by atoms with Crippen LogP contribution in [0.15, 0.2) is 42.6 Å². The van der Waals surface area contributed by atoms with Crippen molar-refractivity contribution in [2.45, 2.75) is 39.2 Å². The molecule has 0 spiro atoms. The number of likely N-dealkylation sites (tertiary alicyclic amines) is 1. The number of nitrogens with two attached hydrogens (primary N) is 1. The van der Waals surface area contributed by atoms with Crippen molar-refractivity contribution in [3.63, 3.8) is 0 Å². The van der Waals surface area contributed by atoms with Crippen LogP contribution in [0.1, 0.15) is 36.9 Å². The highest BCUT2D eigenvalue weighted by Crippen LogP contribution is 2.27. The molecule has 4 nitrogen and oxygen atoms in total. The summed E-state index contributed by atoms with van der Waals surface area (Å²) in [6, 6.07) is 12.6. The zero-order chi connectivity index (χ0) is 17.2. The number of imidazole rings is 1. The molecule has 1 aliphatic heterocycles. The predicted octanol–water partition coefficient (Wildman–Crippen LogP) is 4.27. The van der Waals surface area contributed by atoms with Crippen LogP contribution in [0, 0.1) is 6.92 Å². The van der Waals surface area contributed by atoms with Crippen molar-refractivity contribution >= 4 is 11.3 Å². The highest BCUT2D eigenvalue weighted by Gasteiger charge is 2.18. The van der Waals surface area contributed by atoms with Crippen LogP contribution in [0.25, 0.3) is 16.9 Å². The minimum atomic E-state index is 0.775. The van der Waals surface area contributed by atoms with Gasteiger partial charge in [0.1, 0.15) is 5.65 Å². The number of benzene rings is 1. The summed E-state index contributed by atoms with van der Waals surface area (Å²) in [7, 11) is 0. The molecule has 1 aliphatic rings. The second-order valence-corrected chi connectivity index (χ2v) is 7.15. The molecule has 0 unspecified atom stereocenters. The van der Waals surface area contributed by atoms with E-state index in [1.165, 1.54) is 55.6 Å². The second-order valence-electron chi connectivity index (χ2n) is 7.15. The quantitative estimate of drug-likeness (QED) is 0.778. The number of nitrogens with zero attached hydrogens (tertiary/aromatic N) is 3. The fourth-order valence-electron chi connectivity index (χ4n) is 3.71. The molecule has 2 aromatic heterocycles. The zero-order valence-electron chi connectivity index (χ0n) is 14.9. The van der Waals surface area contributed by atoms with E-state index >= 15 is 0 Å². The largest absolute Gasteiger partial charge is 0.398 e. The van der Waals surface area contributed by atoms with Gasteiger partial charge >= 0.3 is 0 Å². The summed E-state index contributed by atoms with van der Waals surface area (Å²) in [5, 5.41) is 0. The van der Waals surface area contributed by atoms with Gasteiger partial charge in [-0.05, 0) is 45.0 Å². The summed E-state index contributed by atoms with van der Waals surface area (Å²) in [5.74, 6) is 0. The lowest BCUT2D eigenvalue weighted by Crippen LogP contribution is -2.25. The van der Waals surface area contributed by atoms with Crippen LogP contribution in [0.5, 0.6) is 0 Å². The van der Waals surface area contributed by atoms with Gasteiger partial charge in [0.05, 0.1) is 11.4 Å². The molecular weight excluding hydrogens is 308 g/mol. The minimum Gasteiger partial charge on any atom is -0.398 e. The SMILES string of the molecule is Cc1ccc(-c2nc3ccc(N)cn3c2CN2CCCCCC2)cc1. The van der Waals surface area contributed by atoms with E-state index in [1.807, 2.05) is 18.3 Å². The Morgan fingerprint density at radius 1 is 0.960 bits per heavy atom. The molecule has 1 aromatic carbocycles. The molecule has 0 amide bonds. The highest BCUT2D eigenvalue weighted by molar-refractivity contribution is 5.67. The molecular formula is C21H26N4. The van der Waals surface area contributed by atoms with Crippen molar-refractivity contribution in [2.24, 2.45) is 0 Å². The van der Waals surface area contributed by atoms with E-state index in [-0.39, 0.29) is 0 Å². The predicted molar refractivity (Wildman–Crippen MR) is 104 cm³/mol. The maximum absolute atomic E-state index is 6.06. The number of nitrogen functional groups attached to an aromatic ring is 1. The van der Waals surface area contributed by atoms with Gasteiger partial charge in [-0.3, -0.25) is 4.90 Å². The van der Waals surface area contributed by atoms with Crippen molar-refractivity contribution in [1.82, 2.24) is 14.3 Å². The molecule has 4 rings (SSSR count). The van der Waals surface area contributed by atoms with E-state index < -0.39 is 0 Å². The fourth-order valence-corrected chi connectivity index (χ4v) is 3.71. The lowest BCUT2D eigenvalue weighted by Gasteiger charge is -2.20. The van der Waals surface area contributed by atoms with E-state index in [0.717, 1.165) is 23.6 Å². The van der Waals surface area contributed by atoms with Crippen LogP contribution in [-0.2, 0) is 6.54 Å². The van der Waals surface area contributed by atoms with Crippen molar-refractivity contribution in [2.75, 3.05) is 18.8 Å². The summed E-state index contributed by atoms with van der Waals surface area (Å²) in [5.41, 5.74) is 12.6. The lowest BCUT2D eigenvalue weighted by molar-refractivity contribution is 0.273. The van der Waals surface area contributed by atoms with Gasteiger partial charge in [-0.25, -0.2) is 4.98 Å². The molecule has 3 aromatic rings. The molecule has 2 N–H and O–H groups in total. The third kappa shape index (κ3) is 3.40. The van der Waals surface area contributed by atoms with Gasteiger partial charge in [-0.1, -0.05) is 42.7 Å². The Morgan fingerprint density at radius 3 is 2.40 bits per heavy atom. The van der Waals surface area contributed by atoms with Crippen LogP contribution < -0.4 is 5.73 Å². The summed E-state index contributed by atoms with van der Waals surface area (Å²) in [6.07, 6.45) is 7.29. The van der Waals surface area contributed by atoms with Crippen LogP contribution in [0.4, 0.5) is 5.69 Å². The molecule has 0 radical (unpaired) electrons. The third-order valence-corrected chi connectivity index (χ3v) is 5.14. The maximum Gasteiger partial charge on any atom is 0.137 e. The first-order chi connectivity index (χ1) is 12.2. The Hall–Kier alpha value is -2.33. The van der Waals surface area contributed by atoms with Crippen molar-refractivity contribution in [1.29, 1.82) is 0 Å². The van der Waals surface area contributed by atoms with Gasteiger partial charge in [0, 0.05) is 24.0 Å². The standard InChI is InChI=1S/C21H26N4/c1-16-6-8-17(9-7-16)21-19(15-24-12-4-2-3-5-13-24)25-14-18(22)10-11-20(25)23-21/h6-11,14H,2-5,12-13,15,22H2,1H3. The number of hydrogen-bond donors (Lipinski definition) is 1. The van der Waals surface area contributed by atoms with E-state index in [0.29, 0.717) is 0 Å². The van der Waals surface area contributed by atoms with Gasteiger partial charge in [0.2, 0.25) is 0 Å². The Bertz CT molecular complexity index is 855. The molecule has 1 fully saturated rings. The van der Waals surface area contributed by atoms with Crippen molar-refractivity contribution < 1.29 is 0 Å². The smallest absolute Gasteiger partial charge is 0.137 e. The van der Waals surface area contributed by atoms with Gasteiger partial charge in [-0.15, -0.1) is 0 Å². The highest BCUT2D eigenvalue weighted by atomic mass is 15.2. The maximum atomic E-state index is 6.06. The monoisotopic (exact) mass is 334 g/mol. The number of hydrogen-bond acceptors (Lipinski definition) is 3. The first kappa shape index (κ1) is 16.2. The zero-order valence-corrected chi connectivity index (χ0v) is 14.9. The summed E-state index contributed by atoms with van der Waals surface area (Å²) < 4.78 is 2.18. The Morgan fingerprint density at radius 2 is 1.68 bits per heavy atom. The molecule has 0 bridgehead atoms. The third-order valence-electron chi connectivity index (χ3n) is 5.14. The number of aromatic nitrogens is 2. The van der Waals surface area contributed by atoms with Crippen molar-refractivity contribution in [3.8, 4) is 11.3 Å². The number of rotatable bonds is 3. The summed E-state index contributed by atoms with van der Waals surface area (Å²) in [4.78, 5) is 7.49. The summed E-state index contributed by atoms with van der Waals surface area (Å²) in [6.45, 7) is 5.38. The number of pyridine rings is 1. The topological polar surface area (TPSA) is 46.6 Å². The average Bonchev–Trinajstić information content (AvgIpc) is 2.79. The van der Waals surface area contributed by atoms with Gasteiger partial charge in [-0.2, -0.15) is 0 Å². The van der Waals surface area contributed by atoms with Crippen LogP contribution >= 0.6 is 0 Å². The molecule has 130 valence electrons. The van der Waals surface area contributed by atoms with E-state index in [1.54, 1.807) is 0 Å². The lowest BCUT2D eigenvalue weighted by atomic mass is 10.1. The summed E-state index contributed by atoms with van der Waals surface area (Å²) >= 11 is 0. The Balaban J connectivity index is 1.79. The average molecular weight is 334 g/mol. The molecule has 25 heavy (non-hydrogen) atoms. The number of fused-ring (bicyclic) bond motifs is 1. The molecule has 0 aliphatic carbocycles. The first-order valence-corrected chi connectivity index (χ1v) is 9.26. The van der Waals surface area contributed by atoms with Gasteiger partial charge in [0.15, 0.2) is 0 Å². The first-order valence-electron chi connectivity index (χ1n) is 9.26. The van der Waals surface area contributed by atoms with Gasteiger partial charge in [0.25, 0.3) is 0 Å². The fraction of sp³-hybridized carbons (Fsp3) is 0.381. The Kier molecular flexibility index (Phi) is 4.45. The number of aryl methyl sites for hydroxylation is 1. The number of anilines is 1. The van der Waals surface area contributed by atoms with E-state index in [2.05, 4.69) is 40.5 Å². The molecule has 3 heterocycles. The van der Waals surface area contributed by atoms with Crippen LogP contribution in [0.3, 0.4) is 0 Å². The minimum absolute atomic E-state index is 0.775. The van der Waals surface area contributed by atoms with E-state index in [4.69, 9.17) is 10.7 Å². The molecule has 4 heteroatoms. The molecule has 0 saturated carbocycles. The molecule has 1 saturated heterocycles.